The molecule has 0 N–H and O–H groups in total. The van der Waals surface area contributed by atoms with E-state index in [9.17, 15) is 10.1 Å². The SMILES string of the molecule is Cc1nc(C2CC2)oc1C(=O)C(C#N)c1nnc2n1CCCCC2. The number of aromatic nitrogens is 4. The largest absolute Gasteiger partial charge is 0.437 e. The van der Waals surface area contributed by atoms with Crippen LogP contribution < -0.4 is 0 Å². The fourth-order valence-corrected chi connectivity index (χ4v) is 3.24. The summed E-state index contributed by atoms with van der Waals surface area (Å²) in [5, 5.41) is 17.9. The van der Waals surface area contributed by atoms with Gasteiger partial charge in [0, 0.05) is 18.9 Å². The van der Waals surface area contributed by atoms with Crippen LogP contribution in [-0.4, -0.2) is 25.5 Å². The molecule has 0 aromatic carbocycles. The maximum atomic E-state index is 12.9. The highest BCUT2D eigenvalue weighted by molar-refractivity contribution is 6.00. The fourth-order valence-electron chi connectivity index (χ4n) is 3.24. The first-order chi connectivity index (χ1) is 11.7. The lowest BCUT2D eigenvalue weighted by molar-refractivity contribution is 0.0945. The third kappa shape index (κ3) is 2.52. The second kappa shape index (κ2) is 5.86. The van der Waals surface area contributed by atoms with E-state index in [-0.39, 0.29) is 11.5 Å². The summed E-state index contributed by atoms with van der Waals surface area (Å²) in [7, 11) is 0. The number of carbonyl (C=O) groups is 1. The van der Waals surface area contributed by atoms with Crippen LogP contribution in [0.4, 0.5) is 0 Å². The molecule has 1 fully saturated rings. The molecule has 7 nitrogen and oxygen atoms in total. The summed E-state index contributed by atoms with van der Waals surface area (Å²) < 4.78 is 7.62. The smallest absolute Gasteiger partial charge is 0.224 e. The van der Waals surface area contributed by atoms with Gasteiger partial charge >= 0.3 is 0 Å². The van der Waals surface area contributed by atoms with Gasteiger partial charge in [-0.15, -0.1) is 10.2 Å². The number of oxazole rings is 1. The molecule has 2 aliphatic rings. The van der Waals surface area contributed by atoms with Gasteiger partial charge in [0.2, 0.25) is 5.78 Å². The Kier molecular flexibility index (Phi) is 3.68. The molecular formula is C17H19N5O2. The van der Waals surface area contributed by atoms with Crippen LogP contribution in [0.15, 0.2) is 4.42 Å². The molecule has 3 heterocycles. The predicted octanol–water partition coefficient (Wildman–Crippen LogP) is 2.67. The fraction of sp³-hybridized carbons (Fsp3) is 0.588. The van der Waals surface area contributed by atoms with Crippen LogP contribution in [0.25, 0.3) is 0 Å². The highest BCUT2D eigenvalue weighted by atomic mass is 16.4. The average Bonchev–Trinajstić information content (AvgIpc) is 3.31. The number of nitrogens with zero attached hydrogens (tertiary/aromatic N) is 5. The van der Waals surface area contributed by atoms with E-state index in [1.807, 2.05) is 4.57 Å². The summed E-state index contributed by atoms with van der Waals surface area (Å²) in [5.74, 6) is 1.07. The average molecular weight is 325 g/mol. The summed E-state index contributed by atoms with van der Waals surface area (Å²) in [6, 6.07) is 2.09. The van der Waals surface area contributed by atoms with Crippen molar-refractivity contribution in [3.63, 3.8) is 0 Å². The lowest BCUT2D eigenvalue weighted by atomic mass is 10.0. The Bertz CT molecular complexity index is 825. The number of hydrogen-bond donors (Lipinski definition) is 0. The molecule has 7 heteroatoms. The number of aryl methyl sites for hydroxylation is 2. The third-order valence-electron chi connectivity index (χ3n) is 4.75. The van der Waals surface area contributed by atoms with Crippen LogP contribution in [-0.2, 0) is 13.0 Å². The molecule has 1 aliphatic heterocycles. The quantitative estimate of drug-likeness (QED) is 0.802. The van der Waals surface area contributed by atoms with Gasteiger partial charge in [-0.2, -0.15) is 5.26 Å². The van der Waals surface area contributed by atoms with Crippen molar-refractivity contribution < 1.29 is 9.21 Å². The van der Waals surface area contributed by atoms with Crippen LogP contribution >= 0.6 is 0 Å². The van der Waals surface area contributed by atoms with Crippen molar-refractivity contribution in [2.45, 2.75) is 63.8 Å². The molecule has 1 atom stereocenters. The number of Topliss-reactive ketones (excluding diaryl/α,β-unsaturated/α-hetero) is 1. The van der Waals surface area contributed by atoms with Gasteiger partial charge in [-0.3, -0.25) is 4.79 Å². The van der Waals surface area contributed by atoms with Gasteiger partial charge in [0.15, 0.2) is 23.4 Å². The normalized spacial score (nSPS) is 18.5. The Labute approximate surface area is 139 Å². The Morgan fingerprint density at radius 3 is 2.92 bits per heavy atom. The van der Waals surface area contributed by atoms with Gasteiger partial charge in [-0.1, -0.05) is 6.42 Å². The van der Waals surface area contributed by atoms with Crippen molar-refractivity contribution in [3.8, 4) is 6.07 Å². The van der Waals surface area contributed by atoms with Crippen molar-refractivity contribution in [1.82, 2.24) is 19.7 Å². The van der Waals surface area contributed by atoms with Gasteiger partial charge in [-0.05, 0) is 32.6 Å². The first kappa shape index (κ1) is 15.1. The van der Waals surface area contributed by atoms with E-state index in [1.54, 1.807) is 6.92 Å². The third-order valence-corrected chi connectivity index (χ3v) is 4.75. The van der Waals surface area contributed by atoms with E-state index >= 15 is 0 Å². The first-order valence-electron chi connectivity index (χ1n) is 8.52. The summed E-state index contributed by atoms with van der Waals surface area (Å²) in [5.41, 5.74) is 0.553. The van der Waals surface area contributed by atoms with Gasteiger partial charge in [0.25, 0.3) is 0 Å². The van der Waals surface area contributed by atoms with E-state index in [1.165, 1.54) is 0 Å². The highest BCUT2D eigenvalue weighted by Crippen LogP contribution is 2.40. The lowest BCUT2D eigenvalue weighted by Gasteiger charge is -2.10. The molecule has 1 aliphatic carbocycles. The summed E-state index contributed by atoms with van der Waals surface area (Å²) in [6.07, 6.45) is 6.14. The van der Waals surface area contributed by atoms with Crippen LogP contribution in [0.1, 0.15) is 77.7 Å². The molecule has 2 aromatic heterocycles. The topological polar surface area (TPSA) is 97.6 Å². The number of ketones is 1. The molecule has 2 aromatic rings. The molecular weight excluding hydrogens is 306 g/mol. The minimum absolute atomic E-state index is 0.189. The number of fused-ring (bicyclic) bond motifs is 1. The summed E-state index contributed by atoms with van der Waals surface area (Å²) in [4.78, 5) is 17.2. The molecule has 4 rings (SSSR count). The predicted molar refractivity (Wildman–Crippen MR) is 83.5 cm³/mol. The minimum Gasteiger partial charge on any atom is -0.437 e. The number of carbonyl (C=O) groups excluding carboxylic acids is 1. The number of rotatable bonds is 4. The van der Waals surface area contributed by atoms with Crippen molar-refractivity contribution >= 4 is 5.78 Å². The van der Waals surface area contributed by atoms with Crippen molar-refractivity contribution in [2.24, 2.45) is 0 Å². The van der Waals surface area contributed by atoms with Crippen molar-refractivity contribution in [2.75, 3.05) is 0 Å². The number of hydrogen-bond acceptors (Lipinski definition) is 6. The first-order valence-corrected chi connectivity index (χ1v) is 8.52. The summed E-state index contributed by atoms with van der Waals surface area (Å²) >= 11 is 0. The van der Waals surface area contributed by atoms with Crippen LogP contribution in [0.5, 0.6) is 0 Å². The Balaban J connectivity index is 1.67. The van der Waals surface area contributed by atoms with Crippen molar-refractivity contribution in [1.29, 1.82) is 5.26 Å². The van der Waals surface area contributed by atoms with E-state index < -0.39 is 5.92 Å². The van der Waals surface area contributed by atoms with Crippen molar-refractivity contribution in [3.05, 3.63) is 29.0 Å². The van der Waals surface area contributed by atoms with Crippen LogP contribution in [0.3, 0.4) is 0 Å². The minimum atomic E-state index is -0.997. The molecule has 0 bridgehead atoms. The lowest BCUT2D eigenvalue weighted by Crippen LogP contribution is -2.18. The van der Waals surface area contributed by atoms with Gasteiger partial charge < -0.3 is 8.98 Å². The standard InChI is InChI=1S/C17H19N5O2/c1-10-15(24-17(19-10)11-6-7-11)14(23)12(9-18)16-21-20-13-5-3-2-4-8-22(13)16/h11-12H,2-8H2,1H3. The molecule has 24 heavy (non-hydrogen) atoms. The van der Waals surface area contributed by atoms with Crippen LogP contribution in [0, 0.1) is 18.3 Å². The Morgan fingerprint density at radius 1 is 1.33 bits per heavy atom. The zero-order chi connectivity index (χ0) is 16.7. The molecule has 0 spiro atoms. The summed E-state index contributed by atoms with van der Waals surface area (Å²) in [6.45, 7) is 2.51. The van der Waals surface area contributed by atoms with Gasteiger partial charge in [-0.25, -0.2) is 4.98 Å². The zero-order valence-corrected chi connectivity index (χ0v) is 13.7. The van der Waals surface area contributed by atoms with E-state index in [2.05, 4.69) is 21.3 Å². The maximum Gasteiger partial charge on any atom is 0.224 e. The molecule has 1 saturated carbocycles. The number of nitriles is 1. The molecule has 0 radical (unpaired) electrons. The monoisotopic (exact) mass is 325 g/mol. The molecule has 0 amide bonds. The zero-order valence-electron chi connectivity index (χ0n) is 13.7. The van der Waals surface area contributed by atoms with E-state index in [0.717, 1.165) is 50.9 Å². The van der Waals surface area contributed by atoms with Gasteiger partial charge in [0.05, 0.1) is 11.8 Å². The molecule has 1 unspecified atom stereocenters. The molecule has 124 valence electrons. The maximum absolute atomic E-state index is 12.9. The van der Waals surface area contributed by atoms with E-state index in [4.69, 9.17) is 4.42 Å². The Hall–Kier alpha value is -2.49. The second-order valence-corrected chi connectivity index (χ2v) is 6.60. The van der Waals surface area contributed by atoms with E-state index in [0.29, 0.717) is 23.3 Å². The van der Waals surface area contributed by atoms with Crippen LogP contribution in [0.2, 0.25) is 0 Å². The second-order valence-electron chi connectivity index (χ2n) is 6.60. The molecule has 0 saturated heterocycles. The van der Waals surface area contributed by atoms with Gasteiger partial charge in [0.1, 0.15) is 5.82 Å². The Morgan fingerprint density at radius 2 is 2.17 bits per heavy atom. The highest BCUT2D eigenvalue weighted by Gasteiger charge is 2.35.